The second-order valence-corrected chi connectivity index (χ2v) is 10.8. The maximum atomic E-state index is 13.2. The molecule has 0 aromatic heterocycles. The van der Waals surface area contributed by atoms with Crippen LogP contribution in [-0.2, 0) is 26.2 Å². The summed E-state index contributed by atoms with van der Waals surface area (Å²) in [5.74, 6) is -0.419. The molecule has 0 fully saturated rings. The van der Waals surface area contributed by atoms with Gasteiger partial charge < -0.3 is 10.2 Å². The SMILES string of the molecule is CC[C@@H](C)NC(=O)[C@H](C)N(Cc1ccccc1)C(=O)CCCN(c1ccc(Cl)cc1)S(C)(=O)=O. The molecule has 2 aromatic rings. The summed E-state index contributed by atoms with van der Waals surface area (Å²) in [6, 6.07) is 15.3. The number of benzene rings is 2. The first-order valence-corrected chi connectivity index (χ1v) is 13.6. The van der Waals surface area contributed by atoms with Crippen molar-refractivity contribution in [3.63, 3.8) is 0 Å². The first-order chi connectivity index (χ1) is 16.0. The molecule has 0 heterocycles. The third kappa shape index (κ3) is 8.33. The molecule has 0 bridgehead atoms. The van der Waals surface area contributed by atoms with Gasteiger partial charge >= 0.3 is 0 Å². The van der Waals surface area contributed by atoms with Crippen LogP contribution in [0.15, 0.2) is 54.6 Å². The Labute approximate surface area is 208 Å². The van der Waals surface area contributed by atoms with Crippen LogP contribution in [0.2, 0.25) is 5.02 Å². The fourth-order valence-electron chi connectivity index (χ4n) is 3.44. The molecule has 0 aliphatic rings. The minimum atomic E-state index is -3.54. The standard InChI is InChI=1S/C25H34ClN3O4S/c1-5-19(2)27-25(31)20(3)28(18-21-10-7-6-8-11-21)24(30)12-9-17-29(34(4,32)33)23-15-13-22(26)14-16-23/h6-8,10-11,13-16,19-20H,5,9,12,17-18H2,1-4H3,(H,27,31)/t19-,20+/m1/s1. The molecule has 9 heteroatoms. The molecule has 0 aliphatic carbocycles. The highest BCUT2D eigenvalue weighted by atomic mass is 35.5. The third-order valence-electron chi connectivity index (χ3n) is 5.63. The molecule has 34 heavy (non-hydrogen) atoms. The Bertz CT molecular complexity index is 1050. The Hall–Kier alpha value is -2.58. The Morgan fingerprint density at radius 1 is 1.03 bits per heavy atom. The average Bonchev–Trinajstić information content (AvgIpc) is 2.80. The number of rotatable bonds is 12. The van der Waals surface area contributed by atoms with Crippen molar-refractivity contribution in [3.8, 4) is 0 Å². The Morgan fingerprint density at radius 3 is 2.21 bits per heavy atom. The van der Waals surface area contributed by atoms with Crippen LogP contribution in [-0.4, -0.2) is 50.0 Å². The lowest BCUT2D eigenvalue weighted by Crippen LogP contribution is -2.49. The van der Waals surface area contributed by atoms with Gasteiger partial charge in [0.1, 0.15) is 6.04 Å². The van der Waals surface area contributed by atoms with Gasteiger partial charge in [0.15, 0.2) is 0 Å². The van der Waals surface area contributed by atoms with Gasteiger partial charge in [-0.1, -0.05) is 48.9 Å². The second kappa shape index (κ2) is 12.8. The van der Waals surface area contributed by atoms with Gasteiger partial charge in [-0.25, -0.2) is 8.42 Å². The zero-order valence-corrected chi connectivity index (χ0v) is 21.8. The predicted octanol–water partition coefficient (Wildman–Crippen LogP) is 4.22. The lowest BCUT2D eigenvalue weighted by Gasteiger charge is -2.30. The number of amides is 2. The van der Waals surface area contributed by atoms with Crippen LogP contribution in [0.5, 0.6) is 0 Å². The van der Waals surface area contributed by atoms with E-state index < -0.39 is 16.1 Å². The van der Waals surface area contributed by atoms with E-state index in [2.05, 4.69) is 5.32 Å². The van der Waals surface area contributed by atoms with Crippen LogP contribution in [0.3, 0.4) is 0 Å². The van der Waals surface area contributed by atoms with Crippen molar-refractivity contribution in [2.75, 3.05) is 17.1 Å². The van der Waals surface area contributed by atoms with E-state index >= 15 is 0 Å². The summed E-state index contributed by atoms with van der Waals surface area (Å²) in [5.41, 5.74) is 1.40. The lowest BCUT2D eigenvalue weighted by molar-refractivity contribution is -0.140. The van der Waals surface area contributed by atoms with Crippen molar-refractivity contribution in [1.82, 2.24) is 10.2 Å². The molecule has 0 unspecified atom stereocenters. The van der Waals surface area contributed by atoms with Crippen LogP contribution in [0.25, 0.3) is 0 Å². The van der Waals surface area contributed by atoms with Gasteiger partial charge in [-0.2, -0.15) is 0 Å². The van der Waals surface area contributed by atoms with Crippen LogP contribution in [0.1, 0.15) is 45.6 Å². The number of anilines is 1. The topological polar surface area (TPSA) is 86.8 Å². The molecule has 2 atom stereocenters. The number of sulfonamides is 1. The van der Waals surface area contributed by atoms with Gasteiger partial charge in [0.25, 0.3) is 0 Å². The monoisotopic (exact) mass is 507 g/mol. The number of hydrogen-bond donors (Lipinski definition) is 1. The maximum Gasteiger partial charge on any atom is 0.242 e. The van der Waals surface area contributed by atoms with Crippen LogP contribution in [0.4, 0.5) is 5.69 Å². The van der Waals surface area contributed by atoms with Gasteiger partial charge in [0.05, 0.1) is 11.9 Å². The first-order valence-electron chi connectivity index (χ1n) is 11.4. The summed E-state index contributed by atoms with van der Waals surface area (Å²) in [5, 5.41) is 3.45. The van der Waals surface area contributed by atoms with E-state index in [1.165, 1.54) is 4.31 Å². The summed E-state index contributed by atoms with van der Waals surface area (Å²) in [7, 11) is -3.54. The minimum absolute atomic E-state index is 0.00585. The number of hydrogen-bond acceptors (Lipinski definition) is 4. The second-order valence-electron chi connectivity index (χ2n) is 8.42. The van der Waals surface area contributed by atoms with Crippen molar-refractivity contribution < 1.29 is 18.0 Å². The van der Waals surface area contributed by atoms with Crippen LogP contribution >= 0.6 is 11.6 Å². The van der Waals surface area contributed by atoms with Gasteiger partial charge in [0, 0.05) is 30.6 Å². The van der Waals surface area contributed by atoms with Crippen LogP contribution < -0.4 is 9.62 Å². The van der Waals surface area contributed by atoms with Gasteiger partial charge in [-0.05, 0) is 56.5 Å². The molecule has 2 rings (SSSR count). The Kier molecular flexibility index (Phi) is 10.4. The van der Waals surface area contributed by atoms with E-state index in [0.29, 0.717) is 23.7 Å². The lowest BCUT2D eigenvalue weighted by atomic mass is 10.1. The smallest absolute Gasteiger partial charge is 0.242 e. The third-order valence-corrected chi connectivity index (χ3v) is 7.08. The fourth-order valence-corrected chi connectivity index (χ4v) is 4.53. The fraction of sp³-hybridized carbons (Fsp3) is 0.440. The molecular weight excluding hydrogens is 474 g/mol. The van der Waals surface area contributed by atoms with Crippen molar-refractivity contribution >= 4 is 39.1 Å². The predicted molar refractivity (Wildman–Crippen MR) is 137 cm³/mol. The van der Waals surface area contributed by atoms with E-state index in [9.17, 15) is 18.0 Å². The number of halogens is 1. The van der Waals surface area contributed by atoms with Gasteiger partial charge in [0.2, 0.25) is 21.8 Å². The molecule has 0 radical (unpaired) electrons. The highest BCUT2D eigenvalue weighted by molar-refractivity contribution is 7.92. The quantitative estimate of drug-likeness (QED) is 0.466. The van der Waals surface area contributed by atoms with E-state index in [1.54, 1.807) is 36.1 Å². The van der Waals surface area contributed by atoms with Crippen molar-refractivity contribution in [2.24, 2.45) is 0 Å². The highest BCUT2D eigenvalue weighted by Crippen LogP contribution is 2.21. The molecular formula is C25H34ClN3O4S. The Morgan fingerprint density at radius 2 is 1.65 bits per heavy atom. The first kappa shape index (κ1) is 27.7. The normalized spacial score (nSPS) is 13.1. The summed E-state index contributed by atoms with van der Waals surface area (Å²) < 4.78 is 25.9. The zero-order valence-electron chi connectivity index (χ0n) is 20.2. The molecule has 7 nitrogen and oxygen atoms in total. The largest absolute Gasteiger partial charge is 0.352 e. The molecule has 0 saturated heterocycles. The van der Waals surface area contributed by atoms with Crippen LogP contribution in [0, 0.1) is 0 Å². The number of carbonyl (C=O) groups is 2. The molecule has 2 aromatic carbocycles. The highest BCUT2D eigenvalue weighted by Gasteiger charge is 2.27. The maximum absolute atomic E-state index is 13.2. The van der Waals surface area contributed by atoms with Crippen molar-refractivity contribution in [1.29, 1.82) is 0 Å². The number of nitrogens with one attached hydrogen (secondary N) is 1. The molecule has 2 amide bonds. The van der Waals surface area contributed by atoms with Gasteiger partial charge in [-0.15, -0.1) is 0 Å². The van der Waals surface area contributed by atoms with E-state index in [-0.39, 0.29) is 30.8 Å². The van der Waals surface area contributed by atoms with Crippen molar-refractivity contribution in [3.05, 3.63) is 65.2 Å². The van der Waals surface area contributed by atoms with E-state index in [0.717, 1.165) is 18.2 Å². The average molecular weight is 508 g/mol. The molecule has 186 valence electrons. The zero-order chi connectivity index (χ0) is 25.3. The summed E-state index contributed by atoms with van der Waals surface area (Å²) in [4.78, 5) is 27.5. The van der Waals surface area contributed by atoms with E-state index in [1.807, 2.05) is 44.2 Å². The molecule has 0 saturated carbocycles. The molecule has 0 spiro atoms. The number of carbonyl (C=O) groups excluding carboxylic acids is 2. The van der Waals surface area contributed by atoms with Crippen molar-refractivity contribution in [2.45, 2.75) is 58.7 Å². The summed E-state index contributed by atoms with van der Waals surface area (Å²) in [6.07, 6.45) is 2.33. The van der Waals surface area contributed by atoms with E-state index in [4.69, 9.17) is 11.6 Å². The molecule has 1 N–H and O–H groups in total. The van der Waals surface area contributed by atoms with Gasteiger partial charge in [-0.3, -0.25) is 13.9 Å². The molecule has 0 aliphatic heterocycles. The Balaban J connectivity index is 2.13. The summed E-state index contributed by atoms with van der Waals surface area (Å²) in [6.45, 7) is 6.05. The summed E-state index contributed by atoms with van der Waals surface area (Å²) >= 11 is 5.92. The minimum Gasteiger partial charge on any atom is -0.352 e. The number of nitrogens with zero attached hydrogens (tertiary/aromatic N) is 2.